The number of anilines is 2. The maximum absolute atomic E-state index is 12.5. The summed E-state index contributed by atoms with van der Waals surface area (Å²) in [6.07, 6.45) is 2.32. The summed E-state index contributed by atoms with van der Waals surface area (Å²) in [5, 5.41) is 3.98. The van der Waals surface area contributed by atoms with E-state index in [1.807, 2.05) is 23.1 Å². The highest BCUT2D eigenvalue weighted by molar-refractivity contribution is 6.31. The lowest BCUT2D eigenvalue weighted by atomic mass is 10.0. The zero-order valence-corrected chi connectivity index (χ0v) is 15.0. The number of likely N-dealkylation sites (tertiary alicyclic amines) is 1. The van der Waals surface area contributed by atoms with Gasteiger partial charge in [-0.15, -0.1) is 0 Å². The highest BCUT2D eigenvalue weighted by Gasteiger charge is 2.21. The minimum absolute atomic E-state index is 0.162. The van der Waals surface area contributed by atoms with Crippen molar-refractivity contribution in [3.8, 4) is 0 Å². The van der Waals surface area contributed by atoms with Gasteiger partial charge < -0.3 is 19.9 Å². The number of rotatable bonds is 4. The van der Waals surface area contributed by atoms with Crippen LogP contribution < -0.4 is 10.2 Å². The van der Waals surface area contributed by atoms with Crippen molar-refractivity contribution in [1.29, 1.82) is 0 Å². The molecule has 0 bridgehead atoms. The van der Waals surface area contributed by atoms with E-state index in [9.17, 15) is 4.79 Å². The topological polar surface area (TPSA) is 44.8 Å². The van der Waals surface area contributed by atoms with Gasteiger partial charge in [-0.2, -0.15) is 0 Å². The maximum atomic E-state index is 12.5. The van der Waals surface area contributed by atoms with Gasteiger partial charge in [-0.3, -0.25) is 4.79 Å². The van der Waals surface area contributed by atoms with Crippen molar-refractivity contribution < 1.29 is 9.53 Å². The van der Waals surface area contributed by atoms with Crippen LogP contribution in [0.15, 0.2) is 18.2 Å². The second kappa shape index (κ2) is 8.08. The summed E-state index contributed by atoms with van der Waals surface area (Å²) < 4.78 is 5.42. The van der Waals surface area contributed by atoms with Gasteiger partial charge in [0.25, 0.3) is 0 Å². The van der Waals surface area contributed by atoms with Gasteiger partial charge in [0.1, 0.15) is 0 Å². The van der Waals surface area contributed by atoms with Crippen LogP contribution in [0.1, 0.15) is 19.8 Å². The molecule has 2 saturated heterocycles. The molecule has 3 rings (SSSR count). The molecule has 1 atom stereocenters. The zero-order chi connectivity index (χ0) is 16.9. The van der Waals surface area contributed by atoms with Crippen LogP contribution in [0.2, 0.25) is 5.02 Å². The molecule has 1 unspecified atom stereocenters. The minimum Gasteiger partial charge on any atom is -0.378 e. The Balaban J connectivity index is 1.65. The quantitative estimate of drug-likeness (QED) is 0.906. The molecule has 6 heteroatoms. The zero-order valence-electron chi connectivity index (χ0n) is 14.3. The molecule has 1 N–H and O–H groups in total. The normalized spacial score (nSPS) is 21.7. The van der Waals surface area contributed by atoms with Gasteiger partial charge in [0.05, 0.1) is 31.1 Å². The van der Waals surface area contributed by atoms with E-state index in [0.29, 0.717) is 17.5 Å². The first-order valence-electron chi connectivity index (χ1n) is 8.77. The lowest BCUT2D eigenvalue weighted by molar-refractivity contribution is -0.130. The van der Waals surface area contributed by atoms with Gasteiger partial charge in [-0.05, 0) is 37.0 Å². The van der Waals surface area contributed by atoms with Crippen LogP contribution in [0.5, 0.6) is 0 Å². The largest absolute Gasteiger partial charge is 0.378 e. The van der Waals surface area contributed by atoms with Crippen LogP contribution in [0.4, 0.5) is 11.4 Å². The first-order chi connectivity index (χ1) is 11.6. The van der Waals surface area contributed by atoms with Crippen molar-refractivity contribution in [3.63, 3.8) is 0 Å². The minimum atomic E-state index is 0.162. The van der Waals surface area contributed by atoms with Gasteiger partial charge in [-0.25, -0.2) is 0 Å². The summed E-state index contributed by atoms with van der Waals surface area (Å²) in [7, 11) is 0. The predicted octanol–water partition coefficient (Wildman–Crippen LogP) is 2.85. The maximum Gasteiger partial charge on any atom is 0.241 e. The van der Waals surface area contributed by atoms with E-state index in [1.165, 1.54) is 6.42 Å². The molecule has 5 nitrogen and oxygen atoms in total. The summed E-state index contributed by atoms with van der Waals surface area (Å²) in [6, 6.07) is 5.81. The second-order valence-electron chi connectivity index (χ2n) is 6.70. The van der Waals surface area contributed by atoms with E-state index >= 15 is 0 Å². The molecule has 2 heterocycles. The number of halogens is 1. The molecule has 0 radical (unpaired) electrons. The molecule has 1 aromatic carbocycles. The summed E-state index contributed by atoms with van der Waals surface area (Å²) in [4.78, 5) is 16.7. The third kappa shape index (κ3) is 4.33. The van der Waals surface area contributed by atoms with Crippen molar-refractivity contribution in [2.75, 3.05) is 56.2 Å². The van der Waals surface area contributed by atoms with E-state index < -0.39 is 0 Å². The summed E-state index contributed by atoms with van der Waals surface area (Å²) in [5.74, 6) is 0.757. The Hall–Kier alpha value is -1.46. The number of nitrogens with one attached hydrogen (secondary N) is 1. The number of nitrogens with zero attached hydrogens (tertiary/aromatic N) is 2. The summed E-state index contributed by atoms with van der Waals surface area (Å²) >= 11 is 6.16. The lowest BCUT2D eigenvalue weighted by Crippen LogP contribution is -2.42. The van der Waals surface area contributed by atoms with Gasteiger partial charge in [0.2, 0.25) is 5.91 Å². The molecule has 0 saturated carbocycles. The van der Waals surface area contributed by atoms with Crippen LogP contribution in [-0.4, -0.2) is 56.7 Å². The number of piperidine rings is 1. The number of amides is 1. The Morgan fingerprint density at radius 1 is 1.33 bits per heavy atom. The van der Waals surface area contributed by atoms with Crippen LogP contribution >= 0.6 is 11.6 Å². The second-order valence-corrected chi connectivity index (χ2v) is 7.14. The highest BCUT2D eigenvalue weighted by Crippen LogP contribution is 2.30. The van der Waals surface area contributed by atoms with Crippen molar-refractivity contribution in [2.45, 2.75) is 19.8 Å². The summed E-state index contributed by atoms with van der Waals surface area (Å²) in [6.45, 7) is 7.43. The number of hydrogen-bond donors (Lipinski definition) is 1. The number of ether oxygens (including phenoxy) is 1. The molecular weight excluding hydrogens is 326 g/mol. The third-order valence-corrected chi connectivity index (χ3v) is 4.99. The van der Waals surface area contributed by atoms with Gasteiger partial charge in [0, 0.05) is 31.2 Å². The van der Waals surface area contributed by atoms with Gasteiger partial charge in [0.15, 0.2) is 0 Å². The van der Waals surface area contributed by atoms with Gasteiger partial charge in [-0.1, -0.05) is 18.5 Å². The van der Waals surface area contributed by atoms with E-state index in [1.54, 1.807) is 0 Å². The molecule has 0 aliphatic carbocycles. The number of morpholine rings is 1. The van der Waals surface area contributed by atoms with Crippen molar-refractivity contribution in [3.05, 3.63) is 23.2 Å². The predicted molar refractivity (Wildman–Crippen MR) is 98.0 cm³/mol. The smallest absolute Gasteiger partial charge is 0.241 e. The first kappa shape index (κ1) is 17.4. The van der Waals surface area contributed by atoms with Crippen LogP contribution in [0.3, 0.4) is 0 Å². The Bertz CT molecular complexity index is 575. The van der Waals surface area contributed by atoms with Gasteiger partial charge >= 0.3 is 0 Å². The van der Waals surface area contributed by atoms with E-state index in [2.05, 4.69) is 17.1 Å². The fourth-order valence-corrected chi connectivity index (χ4v) is 3.60. The molecule has 24 heavy (non-hydrogen) atoms. The third-order valence-electron chi connectivity index (χ3n) is 4.75. The number of carbonyl (C=O) groups excluding carboxylic acids is 1. The van der Waals surface area contributed by atoms with Crippen molar-refractivity contribution in [2.24, 2.45) is 5.92 Å². The molecule has 1 amide bonds. The number of hydrogen-bond acceptors (Lipinski definition) is 4. The Labute approximate surface area is 148 Å². The number of benzene rings is 1. The van der Waals surface area contributed by atoms with E-state index in [4.69, 9.17) is 16.3 Å². The standard InChI is InChI=1S/C18H26ClN3O2/c1-14-3-2-6-22(13-14)18(23)12-20-16-11-15(19)4-5-17(16)21-7-9-24-10-8-21/h4-5,11,14,20H,2-3,6-10,12-13H2,1H3. The molecular formula is C18H26ClN3O2. The Kier molecular flexibility index (Phi) is 5.85. The molecule has 2 aliphatic rings. The van der Waals surface area contributed by atoms with Crippen LogP contribution in [0, 0.1) is 5.92 Å². The Morgan fingerprint density at radius 3 is 2.88 bits per heavy atom. The van der Waals surface area contributed by atoms with E-state index in [-0.39, 0.29) is 5.91 Å². The van der Waals surface area contributed by atoms with E-state index in [0.717, 1.165) is 57.2 Å². The van der Waals surface area contributed by atoms with Crippen LogP contribution in [0.25, 0.3) is 0 Å². The lowest BCUT2D eigenvalue weighted by Gasteiger charge is -2.32. The Morgan fingerprint density at radius 2 is 2.12 bits per heavy atom. The van der Waals surface area contributed by atoms with Crippen LogP contribution in [-0.2, 0) is 9.53 Å². The fourth-order valence-electron chi connectivity index (χ4n) is 3.43. The SMILES string of the molecule is CC1CCCN(C(=O)CNc2cc(Cl)ccc2N2CCOCC2)C1. The first-order valence-corrected chi connectivity index (χ1v) is 9.15. The van der Waals surface area contributed by atoms with Crippen molar-refractivity contribution in [1.82, 2.24) is 4.90 Å². The number of carbonyl (C=O) groups is 1. The fraction of sp³-hybridized carbons (Fsp3) is 0.611. The molecule has 1 aromatic rings. The summed E-state index contributed by atoms with van der Waals surface area (Å²) in [5.41, 5.74) is 2.00. The molecule has 2 fully saturated rings. The molecule has 0 spiro atoms. The molecule has 132 valence electrons. The van der Waals surface area contributed by atoms with Crippen molar-refractivity contribution >= 4 is 28.9 Å². The monoisotopic (exact) mass is 351 g/mol. The highest BCUT2D eigenvalue weighted by atomic mass is 35.5. The molecule has 2 aliphatic heterocycles. The molecule has 0 aromatic heterocycles. The average molecular weight is 352 g/mol. The average Bonchev–Trinajstić information content (AvgIpc) is 2.60.